The van der Waals surface area contributed by atoms with Crippen molar-refractivity contribution in [2.75, 3.05) is 11.7 Å². The maximum atomic E-state index is 13.6. The van der Waals surface area contributed by atoms with Gasteiger partial charge in [-0.1, -0.05) is 55.0 Å². The molecule has 0 radical (unpaired) electrons. The topological polar surface area (TPSA) is 67.9 Å². The molecular weight excluding hydrogens is 448 g/mol. The van der Waals surface area contributed by atoms with Crippen molar-refractivity contribution in [3.8, 4) is 11.5 Å². The minimum Gasteiger partial charge on any atom is -0.454 e. The molecule has 6 nitrogen and oxygen atoms in total. The standard InChI is InChI=1S/C27H26N2O4S/c1-17-7-9-19(10-8-17)15-29-21-5-3-4-6-24(21)34-25(27(29)31)18(2)26(30)28-14-20-11-12-22-23(13-20)33-16-32-22/h3-13,18,25H,14-16H2,1-2H3,(H,28,30)/t18-,25+/m1/s1. The van der Waals surface area contributed by atoms with Gasteiger partial charge in [-0.2, -0.15) is 0 Å². The predicted molar refractivity (Wildman–Crippen MR) is 132 cm³/mol. The number of anilines is 1. The smallest absolute Gasteiger partial charge is 0.241 e. The second-order valence-electron chi connectivity index (χ2n) is 8.61. The van der Waals surface area contributed by atoms with E-state index in [2.05, 4.69) is 5.32 Å². The zero-order valence-electron chi connectivity index (χ0n) is 19.1. The predicted octanol–water partition coefficient (Wildman–Crippen LogP) is 4.68. The van der Waals surface area contributed by atoms with Crippen LogP contribution >= 0.6 is 11.8 Å². The molecule has 174 valence electrons. The van der Waals surface area contributed by atoms with E-state index in [1.54, 1.807) is 0 Å². The number of nitrogens with one attached hydrogen (secondary N) is 1. The van der Waals surface area contributed by atoms with Gasteiger partial charge in [0.25, 0.3) is 0 Å². The summed E-state index contributed by atoms with van der Waals surface area (Å²) in [4.78, 5) is 29.5. The molecule has 2 aliphatic rings. The van der Waals surface area contributed by atoms with Gasteiger partial charge in [0, 0.05) is 11.4 Å². The van der Waals surface area contributed by atoms with Crippen LogP contribution in [0.1, 0.15) is 23.6 Å². The molecule has 1 N–H and O–H groups in total. The molecule has 2 amide bonds. The van der Waals surface area contributed by atoms with Crippen LogP contribution in [0.4, 0.5) is 5.69 Å². The van der Waals surface area contributed by atoms with Gasteiger partial charge >= 0.3 is 0 Å². The summed E-state index contributed by atoms with van der Waals surface area (Å²) in [6.07, 6.45) is 0. The molecule has 0 aromatic heterocycles. The maximum absolute atomic E-state index is 13.6. The summed E-state index contributed by atoms with van der Waals surface area (Å²) < 4.78 is 10.8. The number of para-hydroxylation sites is 1. The molecule has 0 unspecified atom stereocenters. The fourth-order valence-corrected chi connectivity index (χ4v) is 5.42. The van der Waals surface area contributed by atoms with Crippen molar-refractivity contribution in [3.05, 3.63) is 83.4 Å². The van der Waals surface area contributed by atoms with Gasteiger partial charge in [-0.25, -0.2) is 0 Å². The number of hydrogen-bond donors (Lipinski definition) is 1. The van der Waals surface area contributed by atoms with Crippen LogP contribution < -0.4 is 19.7 Å². The molecule has 2 atom stereocenters. The van der Waals surface area contributed by atoms with Gasteiger partial charge in [0.2, 0.25) is 18.6 Å². The normalized spacial score (nSPS) is 17.3. The van der Waals surface area contributed by atoms with Crippen LogP contribution in [0.5, 0.6) is 11.5 Å². The number of hydrogen-bond acceptors (Lipinski definition) is 5. The van der Waals surface area contributed by atoms with Crippen LogP contribution in [0.25, 0.3) is 0 Å². The first-order valence-corrected chi connectivity index (χ1v) is 12.2. The first-order chi connectivity index (χ1) is 16.5. The van der Waals surface area contributed by atoms with E-state index in [4.69, 9.17) is 9.47 Å². The van der Waals surface area contributed by atoms with Crippen molar-refractivity contribution >= 4 is 29.3 Å². The SMILES string of the molecule is Cc1ccc(CN2C(=O)[C@H]([C@@H](C)C(=O)NCc3ccc4c(c3)OCO4)Sc3ccccc32)cc1. The lowest BCUT2D eigenvalue weighted by molar-refractivity contribution is -0.128. The molecule has 0 bridgehead atoms. The fourth-order valence-electron chi connectivity index (χ4n) is 4.13. The van der Waals surface area contributed by atoms with E-state index in [-0.39, 0.29) is 18.6 Å². The molecule has 3 aromatic carbocycles. The van der Waals surface area contributed by atoms with Crippen LogP contribution in [0, 0.1) is 12.8 Å². The Balaban J connectivity index is 1.31. The Morgan fingerprint density at radius 1 is 1.06 bits per heavy atom. The van der Waals surface area contributed by atoms with Crippen molar-refractivity contribution in [1.82, 2.24) is 5.32 Å². The quantitative estimate of drug-likeness (QED) is 0.562. The van der Waals surface area contributed by atoms with Crippen molar-refractivity contribution in [1.29, 1.82) is 0 Å². The number of aryl methyl sites for hydroxylation is 1. The van der Waals surface area contributed by atoms with Gasteiger partial charge in [-0.3, -0.25) is 9.59 Å². The first-order valence-electron chi connectivity index (χ1n) is 11.3. The molecule has 7 heteroatoms. The molecule has 0 spiro atoms. The molecular formula is C27H26N2O4S. The number of fused-ring (bicyclic) bond motifs is 2. The van der Waals surface area contributed by atoms with Gasteiger partial charge < -0.3 is 19.7 Å². The van der Waals surface area contributed by atoms with Crippen LogP contribution in [-0.2, 0) is 22.7 Å². The zero-order chi connectivity index (χ0) is 23.7. The Morgan fingerprint density at radius 3 is 2.62 bits per heavy atom. The third-order valence-electron chi connectivity index (χ3n) is 6.15. The Kier molecular flexibility index (Phi) is 6.20. The zero-order valence-corrected chi connectivity index (χ0v) is 19.9. The highest BCUT2D eigenvalue weighted by Gasteiger charge is 2.39. The summed E-state index contributed by atoms with van der Waals surface area (Å²) in [6, 6.07) is 21.7. The molecule has 0 aliphatic carbocycles. The van der Waals surface area contributed by atoms with Crippen molar-refractivity contribution < 1.29 is 19.1 Å². The molecule has 2 heterocycles. The highest BCUT2D eigenvalue weighted by atomic mass is 32.2. The minimum absolute atomic E-state index is 0.0463. The summed E-state index contributed by atoms with van der Waals surface area (Å²) in [6.45, 7) is 4.90. The lowest BCUT2D eigenvalue weighted by Crippen LogP contribution is -2.47. The third kappa shape index (κ3) is 4.48. The number of nitrogens with zero attached hydrogens (tertiary/aromatic N) is 1. The van der Waals surface area contributed by atoms with E-state index in [1.807, 2.05) is 85.5 Å². The maximum Gasteiger partial charge on any atom is 0.241 e. The molecule has 0 fully saturated rings. The lowest BCUT2D eigenvalue weighted by atomic mass is 10.0. The van der Waals surface area contributed by atoms with Crippen LogP contribution in [-0.4, -0.2) is 23.9 Å². The fraction of sp³-hybridized carbons (Fsp3) is 0.259. The van der Waals surface area contributed by atoms with E-state index in [9.17, 15) is 9.59 Å². The molecule has 0 saturated heterocycles. The Hall–Kier alpha value is -3.45. The van der Waals surface area contributed by atoms with E-state index in [0.717, 1.165) is 21.7 Å². The Morgan fingerprint density at radius 2 is 1.79 bits per heavy atom. The van der Waals surface area contributed by atoms with Gasteiger partial charge in [0.05, 0.1) is 18.2 Å². The number of rotatable bonds is 6. The average molecular weight is 475 g/mol. The minimum atomic E-state index is -0.503. The van der Waals surface area contributed by atoms with Gasteiger partial charge in [0.1, 0.15) is 5.25 Å². The number of thioether (sulfide) groups is 1. The molecule has 2 aliphatic heterocycles. The second kappa shape index (κ2) is 9.43. The van der Waals surface area contributed by atoms with Crippen LogP contribution in [0.2, 0.25) is 0 Å². The largest absolute Gasteiger partial charge is 0.454 e. The highest BCUT2D eigenvalue weighted by Crippen LogP contribution is 2.42. The summed E-state index contributed by atoms with van der Waals surface area (Å²) in [5.74, 6) is 0.690. The molecule has 3 aromatic rings. The number of amides is 2. The summed E-state index contributed by atoms with van der Waals surface area (Å²) >= 11 is 1.47. The summed E-state index contributed by atoms with van der Waals surface area (Å²) in [5.41, 5.74) is 4.04. The monoisotopic (exact) mass is 474 g/mol. The molecule has 0 saturated carbocycles. The average Bonchev–Trinajstić information content (AvgIpc) is 3.33. The Bertz CT molecular complexity index is 1230. The molecule has 34 heavy (non-hydrogen) atoms. The third-order valence-corrected chi connectivity index (χ3v) is 7.62. The number of carbonyl (C=O) groups is 2. The van der Waals surface area contributed by atoms with Crippen molar-refractivity contribution in [2.24, 2.45) is 5.92 Å². The second-order valence-corrected chi connectivity index (χ2v) is 9.79. The van der Waals surface area contributed by atoms with Crippen LogP contribution in [0.15, 0.2) is 71.6 Å². The van der Waals surface area contributed by atoms with Gasteiger partial charge in [0.15, 0.2) is 11.5 Å². The van der Waals surface area contributed by atoms with Crippen LogP contribution in [0.3, 0.4) is 0 Å². The summed E-state index contributed by atoms with van der Waals surface area (Å²) in [7, 11) is 0. The van der Waals surface area contributed by atoms with E-state index < -0.39 is 11.2 Å². The van der Waals surface area contributed by atoms with Gasteiger partial charge in [-0.05, 0) is 42.3 Å². The van der Waals surface area contributed by atoms with E-state index in [1.165, 1.54) is 17.3 Å². The van der Waals surface area contributed by atoms with E-state index in [0.29, 0.717) is 24.6 Å². The number of carbonyl (C=O) groups excluding carboxylic acids is 2. The molecule has 5 rings (SSSR count). The first kappa shape index (κ1) is 22.3. The van der Waals surface area contributed by atoms with Crippen molar-refractivity contribution in [3.63, 3.8) is 0 Å². The van der Waals surface area contributed by atoms with Crippen molar-refractivity contribution in [2.45, 2.75) is 37.1 Å². The number of ether oxygens (including phenoxy) is 2. The summed E-state index contributed by atoms with van der Waals surface area (Å²) in [5, 5.41) is 2.48. The Labute approximate surface area is 203 Å². The highest BCUT2D eigenvalue weighted by molar-refractivity contribution is 8.01. The van der Waals surface area contributed by atoms with Gasteiger partial charge in [-0.15, -0.1) is 11.8 Å². The number of benzene rings is 3. The van der Waals surface area contributed by atoms with E-state index >= 15 is 0 Å². The lowest BCUT2D eigenvalue weighted by Gasteiger charge is -2.35.